The minimum atomic E-state index is -3.20. The summed E-state index contributed by atoms with van der Waals surface area (Å²) in [5.74, 6) is 0.285. The van der Waals surface area contributed by atoms with Crippen LogP contribution in [0, 0.1) is 24.2 Å². The largest absolute Gasteiger partial charge is 0.302 e. The van der Waals surface area contributed by atoms with Gasteiger partial charge in [-0.3, -0.25) is 0 Å². The van der Waals surface area contributed by atoms with Crippen LogP contribution in [-0.4, -0.2) is 38.7 Å². The summed E-state index contributed by atoms with van der Waals surface area (Å²) in [5.41, 5.74) is 1.06. The smallest absolute Gasteiger partial charge is 0.179 e. The monoisotopic (exact) mass is 292 g/mol. The molecule has 5 heteroatoms. The molecule has 0 aliphatic carbocycles. The molecule has 0 atom stereocenters. The molecule has 1 fully saturated rings. The minimum absolute atomic E-state index is 0.139. The van der Waals surface area contributed by atoms with Gasteiger partial charge < -0.3 is 4.90 Å². The molecule has 1 heterocycles. The van der Waals surface area contributed by atoms with Crippen molar-refractivity contribution in [3.63, 3.8) is 0 Å². The van der Waals surface area contributed by atoms with Crippen LogP contribution in [0.1, 0.15) is 18.4 Å². The highest BCUT2D eigenvalue weighted by atomic mass is 32.2. The molecule has 20 heavy (non-hydrogen) atoms. The molecule has 108 valence electrons. The van der Waals surface area contributed by atoms with Crippen molar-refractivity contribution in [3.05, 3.63) is 29.8 Å². The van der Waals surface area contributed by atoms with E-state index in [4.69, 9.17) is 5.26 Å². The van der Waals surface area contributed by atoms with Crippen LogP contribution in [0.5, 0.6) is 0 Å². The first-order valence-electron chi connectivity index (χ1n) is 6.92. The van der Waals surface area contributed by atoms with Crippen LogP contribution in [0.15, 0.2) is 29.2 Å². The number of nitriles is 1. The summed E-state index contributed by atoms with van der Waals surface area (Å²) in [6.07, 6.45) is 1.70. The normalized spacial score (nSPS) is 17.8. The third kappa shape index (κ3) is 3.81. The van der Waals surface area contributed by atoms with Crippen molar-refractivity contribution < 1.29 is 8.42 Å². The maximum Gasteiger partial charge on any atom is 0.179 e. The Labute approximate surface area is 120 Å². The molecular weight excluding hydrogens is 272 g/mol. The number of rotatable bonds is 4. The SMILES string of the molecule is Cc1ccc(S(=O)(=O)CCN2CCC(C#N)CC2)cc1. The number of likely N-dealkylation sites (tertiary alicyclic amines) is 1. The topological polar surface area (TPSA) is 61.2 Å². The summed E-state index contributed by atoms with van der Waals surface area (Å²) in [4.78, 5) is 2.54. The summed E-state index contributed by atoms with van der Waals surface area (Å²) in [6.45, 7) is 4.13. The number of aryl methyl sites for hydroxylation is 1. The highest BCUT2D eigenvalue weighted by Gasteiger charge is 2.21. The fourth-order valence-electron chi connectivity index (χ4n) is 2.40. The number of piperidine rings is 1. The van der Waals surface area contributed by atoms with Crippen LogP contribution in [0.3, 0.4) is 0 Å². The van der Waals surface area contributed by atoms with E-state index in [1.54, 1.807) is 12.1 Å². The van der Waals surface area contributed by atoms with E-state index in [1.165, 1.54) is 0 Å². The van der Waals surface area contributed by atoms with E-state index in [0.29, 0.717) is 11.4 Å². The predicted octanol–water partition coefficient (Wildman–Crippen LogP) is 2.00. The van der Waals surface area contributed by atoms with Crippen LogP contribution in [0.25, 0.3) is 0 Å². The molecule has 1 aromatic carbocycles. The second kappa shape index (κ2) is 6.38. The lowest BCUT2D eigenvalue weighted by Crippen LogP contribution is -2.36. The summed E-state index contributed by atoms with van der Waals surface area (Å²) >= 11 is 0. The fraction of sp³-hybridized carbons (Fsp3) is 0.533. The zero-order valence-corrected chi connectivity index (χ0v) is 12.6. The van der Waals surface area contributed by atoms with Gasteiger partial charge in [0.2, 0.25) is 0 Å². The van der Waals surface area contributed by atoms with E-state index < -0.39 is 9.84 Å². The zero-order chi connectivity index (χ0) is 14.6. The summed E-state index contributed by atoms with van der Waals surface area (Å²) in [5, 5.41) is 8.84. The van der Waals surface area contributed by atoms with Gasteiger partial charge >= 0.3 is 0 Å². The summed E-state index contributed by atoms with van der Waals surface area (Å²) < 4.78 is 24.5. The lowest BCUT2D eigenvalue weighted by molar-refractivity contribution is 0.216. The second-order valence-electron chi connectivity index (χ2n) is 5.38. The highest BCUT2D eigenvalue weighted by Crippen LogP contribution is 2.17. The van der Waals surface area contributed by atoms with Gasteiger partial charge in [-0.2, -0.15) is 5.26 Å². The second-order valence-corrected chi connectivity index (χ2v) is 7.49. The van der Waals surface area contributed by atoms with Gasteiger partial charge in [-0.05, 0) is 45.0 Å². The molecule has 0 saturated carbocycles. The molecule has 0 aromatic heterocycles. The van der Waals surface area contributed by atoms with Gasteiger partial charge in [0.15, 0.2) is 9.84 Å². The molecule has 1 saturated heterocycles. The maximum atomic E-state index is 12.2. The molecule has 1 aliphatic heterocycles. The third-order valence-corrected chi connectivity index (χ3v) is 5.54. The first kappa shape index (κ1) is 15.0. The number of hydrogen-bond donors (Lipinski definition) is 0. The molecule has 2 rings (SSSR count). The average molecular weight is 292 g/mol. The Kier molecular flexibility index (Phi) is 4.79. The van der Waals surface area contributed by atoms with E-state index in [0.717, 1.165) is 31.5 Å². The maximum absolute atomic E-state index is 12.2. The first-order chi connectivity index (χ1) is 9.51. The van der Waals surface area contributed by atoms with Gasteiger partial charge in [0.05, 0.1) is 16.7 Å². The molecule has 0 radical (unpaired) electrons. The molecular formula is C15H20N2O2S. The number of sulfone groups is 1. The molecule has 1 aliphatic rings. The molecule has 1 aromatic rings. The van der Waals surface area contributed by atoms with Crippen molar-refractivity contribution in [2.24, 2.45) is 5.92 Å². The molecule has 0 bridgehead atoms. The Balaban J connectivity index is 1.90. The zero-order valence-electron chi connectivity index (χ0n) is 11.7. The van der Waals surface area contributed by atoms with Gasteiger partial charge in [-0.15, -0.1) is 0 Å². The molecule has 4 nitrogen and oxygen atoms in total. The van der Waals surface area contributed by atoms with Crippen LogP contribution in [0.4, 0.5) is 0 Å². The summed E-state index contributed by atoms with van der Waals surface area (Å²) in [6, 6.07) is 9.28. The van der Waals surface area contributed by atoms with Crippen LogP contribution >= 0.6 is 0 Å². The fourth-order valence-corrected chi connectivity index (χ4v) is 3.68. The molecule has 0 spiro atoms. The van der Waals surface area contributed by atoms with Crippen molar-refractivity contribution in [1.82, 2.24) is 4.90 Å². The van der Waals surface area contributed by atoms with E-state index in [-0.39, 0.29) is 11.7 Å². The minimum Gasteiger partial charge on any atom is -0.302 e. The summed E-state index contributed by atoms with van der Waals surface area (Å²) in [7, 11) is -3.20. The standard InChI is InChI=1S/C15H20N2O2S/c1-13-2-4-15(5-3-13)20(18,19)11-10-17-8-6-14(12-16)7-9-17/h2-5,14H,6-11H2,1H3. The van der Waals surface area contributed by atoms with Gasteiger partial charge in [-0.1, -0.05) is 17.7 Å². The number of benzene rings is 1. The van der Waals surface area contributed by atoms with Crippen molar-refractivity contribution in [1.29, 1.82) is 5.26 Å². The molecule has 0 amide bonds. The van der Waals surface area contributed by atoms with Gasteiger partial charge in [0, 0.05) is 12.5 Å². The van der Waals surface area contributed by atoms with E-state index >= 15 is 0 Å². The lowest BCUT2D eigenvalue weighted by Gasteiger charge is -2.28. The molecule has 0 N–H and O–H groups in total. The number of nitrogens with zero attached hydrogens (tertiary/aromatic N) is 2. The Bertz CT molecular complexity index is 579. The van der Waals surface area contributed by atoms with Crippen molar-refractivity contribution in [3.8, 4) is 6.07 Å². The Morgan fingerprint density at radius 2 is 1.85 bits per heavy atom. The van der Waals surface area contributed by atoms with E-state index in [1.807, 2.05) is 19.1 Å². The van der Waals surface area contributed by atoms with Crippen molar-refractivity contribution in [2.45, 2.75) is 24.7 Å². The number of hydrogen-bond acceptors (Lipinski definition) is 4. The molecule has 0 unspecified atom stereocenters. The predicted molar refractivity (Wildman–Crippen MR) is 78.0 cm³/mol. The van der Waals surface area contributed by atoms with Crippen molar-refractivity contribution >= 4 is 9.84 Å². The van der Waals surface area contributed by atoms with Crippen LogP contribution in [-0.2, 0) is 9.84 Å². The van der Waals surface area contributed by atoms with E-state index in [9.17, 15) is 8.42 Å². The average Bonchev–Trinajstić information content (AvgIpc) is 2.46. The first-order valence-corrected chi connectivity index (χ1v) is 8.58. The Morgan fingerprint density at radius 3 is 2.40 bits per heavy atom. The Morgan fingerprint density at radius 1 is 1.25 bits per heavy atom. The quantitative estimate of drug-likeness (QED) is 0.851. The van der Waals surface area contributed by atoms with Gasteiger partial charge in [-0.25, -0.2) is 8.42 Å². The Hall–Kier alpha value is -1.38. The van der Waals surface area contributed by atoms with E-state index in [2.05, 4.69) is 11.0 Å². The van der Waals surface area contributed by atoms with Gasteiger partial charge in [0.25, 0.3) is 0 Å². The van der Waals surface area contributed by atoms with Crippen LogP contribution < -0.4 is 0 Å². The lowest BCUT2D eigenvalue weighted by atomic mass is 9.99. The third-order valence-electron chi connectivity index (χ3n) is 3.83. The van der Waals surface area contributed by atoms with Crippen molar-refractivity contribution in [2.75, 3.05) is 25.4 Å². The highest BCUT2D eigenvalue weighted by molar-refractivity contribution is 7.91. The van der Waals surface area contributed by atoms with Gasteiger partial charge in [0.1, 0.15) is 0 Å². The van der Waals surface area contributed by atoms with Crippen LogP contribution in [0.2, 0.25) is 0 Å².